The Balaban J connectivity index is 1.42. The summed E-state index contributed by atoms with van der Waals surface area (Å²) in [7, 11) is 0. The average molecular weight is 477 g/mol. The molecule has 1 aliphatic rings. The maximum atomic E-state index is 13.2. The third-order valence-electron chi connectivity index (χ3n) is 6.90. The molecule has 6 heteroatoms. The van der Waals surface area contributed by atoms with Crippen LogP contribution in [-0.2, 0) is 30.7 Å². The van der Waals surface area contributed by atoms with Crippen molar-refractivity contribution < 1.29 is 14.6 Å². The number of aliphatic carboxylic acids is 1. The summed E-state index contributed by atoms with van der Waals surface area (Å²) in [6, 6.07) is 14.0. The summed E-state index contributed by atoms with van der Waals surface area (Å²) >= 11 is 0. The van der Waals surface area contributed by atoms with Gasteiger partial charge in [0.25, 0.3) is 0 Å². The molecule has 0 saturated heterocycles. The number of rotatable bonds is 11. The van der Waals surface area contributed by atoms with Gasteiger partial charge in [-0.05, 0) is 100 Å². The first-order valence-corrected chi connectivity index (χ1v) is 12.5. The van der Waals surface area contributed by atoms with Gasteiger partial charge in [0.1, 0.15) is 5.75 Å². The summed E-state index contributed by atoms with van der Waals surface area (Å²) in [5.74, 6) is 0.178. The van der Waals surface area contributed by atoms with Gasteiger partial charge in [0, 0.05) is 18.4 Å². The Morgan fingerprint density at radius 2 is 1.71 bits per heavy atom. The summed E-state index contributed by atoms with van der Waals surface area (Å²) in [5, 5.41) is 9.24. The van der Waals surface area contributed by atoms with Crippen LogP contribution in [0.2, 0.25) is 0 Å². The van der Waals surface area contributed by atoms with Gasteiger partial charge in [0.15, 0.2) is 5.60 Å². The predicted molar refractivity (Wildman–Crippen MR) is 137 cm³/mol. The zero-order valence-electron chi connectivity index (χ0n) is 21.2. The van der Waals surface area contributed by atoms with Gasteiger partial charge in [0.2, 0.25) is 0 Å². The third-order valence-corrected chi connectivity index (χ3v) is 6.90. The maximum absolute atomic E-state index is 13.2. The highest BCUT2D eigenvalue weighted by molar-refractivity contribution is 5.76. The van der Waals surface area contributed by atoms with Crippen LogP contribution in [0.1, 0.15) is 61.1 Å². The molecule has 0 spiro atoms. The largest absolute Gasteiger partial charge is 0.478 e. The van der Waals surface area contributed by atoms with Crippen LogP contribution >= 0.6 is 0 Å². The van der Waals surface area contributed by atoms with E-state index in [4.69, 9.17) is 4.74 Å². The minimum Gasteiger partial charge on any atom is -0.478 e. The predicted octanol–water partition coefficient (Wildman–Crippen LogP) is 5.14. The van der Waals surface area contributed by atoms with Crippen molar-refractivity contribution >= 4 is 5.97 Å². The molecule has 35 heavy (non-hydrogen) atoms. The fraction of sp³-hybridized carbons (Fsp3) is 0.448. The fourth-order valence-corrected chi connectivity index (χ4v) is 4.28. The van der Waals surface area contributed by atoms with Crippen molar-refractivity contribution in [2.45, 2.75) is 78.5 Å². The van der Waals surface area contributed by atoms with Gasteiger partial charge >= 0.3 is 11.7 Å². The van der Waals surface area contributed by atoms with Crippen LogP contribution in [0.5, 0.6) is 5.75 Å². The Bertz CT molecular complexity index is 1250. The number of carbonyl (C=O) groups is 1. The van der Waals surface area contributed by atoms with Crippen LogP contribution in [0.25, 0.3) is 0 Å². The van der Waals surface area contributed by atoms with Crippen LogP contribution in [-0.4, -0.2) is 25.8 Å². The lowest BCUT2D eigenvalue weighted by atomic mass is 10.1. The SMILES string of the molecule is Cc1ccc(Cn2cc(CCCc3ccc(OC(C)(C)C(=O)O)cc3)n(CC3CC3)c2=O)cc1C. The molecule has 1 aromatic heterocycles. The van der Waals surface area contributed by atoms with E-state index in [0.717, 1.165) is 42.6 Å². The van der Waals surface area contributed by atoms with Crippen LogP contribution in [0.15, 0.2) is 53.5 Å². The van der Waals surface area contributed by atoms with Crippen molar-refractivity contribution in [3.63, 3.8) is 0 Å². The summed E-state index contributed by atoms with van der Waals surface area (Å²) < 4.78 is 9.44. The Hall–Kier alpha value is -3.28. The van der Waals surface area contributed by atoms with E-state index in [1.54, 1.807) is 0 Å². The number of benzene rings is 2. The molecule has 186 valence electrons. The molecule has 1 heterocycles. The van der Waals surface area contributed by atoms with E-state index in [-0.39, 0.29) is 5.69 Å². The molecule has 0 aliphatic heterocycles. The zero-order chi connectivity index (χ0) is 25.2. The number of aromatic nitrogens is 2. The van der Waals surface area contributed by atoms with E-state index in [9.17, 15) is 14.7 Å². The van der Waals surface area contributed by atoms with Gasteiger partial charge < -0.3 is 9.84 Å². The molecule has 4 rings (SSSR count). The topological polar surface area (TPSA) is 73.5 Å². The van der Waals surface area contributed by atoms with Crippen LogP contribution < -0.4 is 10.4 Å². The van der Waals surface area contributed by atoms with Crippen molar-refractivity contribution in [2.75, 3.05) is 0 Å². The highest BCUT2D eigenvalue weighted by Crippen LogP contribution is 2.30. The molecule has 1 N–H and O–H groups in total. The molecule has 6 nitrogen and oxygen atoms in total. The van der Waals surface area contributed by atoms with E-state index in [1.165, 1.54) is 37.8 Å². The standard InChI is InChI=1S/C29H36N2O4/c1-20-8-9-24(16-21(20)2)17-30-19-25(31(28(30)34)18-23-10-11-23)7-5-6-22-12-14-26(15-13-22)35-29(3,4)27(32)33/h8-9,12-16,19,23H,5-7,10-11,17-18H2,1-4H3,(H,32,33). The molecule has 1 fully saturated rings. The molecule has 1 saturated carbocycles. The number of aryl methyl sites for hydroxylation is 4. The fourth-order valence-electron chi connectivity index (χ4n) is 4.28. The smallest absolute Gasteiger partial charge is 0.347 e. The second kappa shape index (κ2) is 10.1. The van der Waals surface area contributed by atoms with E-state index in [2.05, 4.69) is 32.0 Å². The van der Waals surface area contributed by atoms with E-state index < -0.39 is 11.6 Å². The van der Waals surface area contributed by atoms with E-state index in [1.807, 2.05) is 39.6 Å². The van der Waals surface area contributed by atoms with Gasteiger partial charge in [-0.1, -0.05) is 30.3 Å². The van der Waals surface area contributed by atoms with Crippen LogP contribution in [0.3, 0.4) is 0 Å². The second-order valence-electron chi connectivity index (χ2n) is 10.4. The van der Waals surface area contributed by atoms with Crippen molar-refractivity contribution in [1.29, 1.82) is 0 Å². The number of hydrogen-bond acceptors (Lipinski definition) is 3. The monoisotopic (exact) mass is 476 g/mol. The number of carboxylic acid groups (broad SMARTS) is 1. The molecular weight excluding hydrogens is 440 g/mol. The second-order valence-corrected chi connectivity index (χ2v) is 10.4. The normalized spacial score (nSPS) is 13.7. The Morgan fingerprint density at radius 1 is 1.03 bits per heavy atom. The molecule has 2 aromatic carbocycles. The summed E-state index contributed by atoms with van der Waals surface area (Å²) in [6.45, 7) is 8.70. The molecule has 0 atom stereocenters. The lowest BCUT2D eigenvalue weighted by Crippen LogP contribution is -2.37. The molecular formula is C29H36N2O4. The first-order chi connectivity index (χ1) is 16.6. The number of carboxylic acids is 1. The first kappa shape index (κ1) is 24.8. The maximum Gasteiger partial charge on any atom is 0.347 e. The highest BCUT2D eigenvalue weighted by atomic mass is 16.5. The third kappa shape index (κ3) is 6.24. The van der Waals surface area contributed by atoms with Gasteiger partial charge in [-0.3, -0.25) is 9.13 Å². The van der Waals surface area contributed by atoms with Crippen molar-refractivity contribution in [3.8, 4) is 5.75 Å². The number of ether oxygens (including phenoxy) is 1. The number of hydrogen-bond donors (Lipinski definition) is 1. The van der Waals surface area contributed by atoms with Crippen molar-refractivity contribution in [2.24, 2.45) is 5.92 Å². The highest BCUT2D eigenvalue weighted by Gasteiger charge is 2.29. The molecule has 0 unspecified atom stereocenters. The molecule has 3 aromatic rings. The van der Waals surface area contributed by atoms with E-state index in [0.29, 0.717) is 18.2 Å². The summed E-state index contributed by atoms with van der Waals surface area (Å²) in [5.41, 5.74) is 4.75. The Morgan fingerprint density at radius 3 is 2.34 bits per heavy atom. The van der Waals surface area contributed by atoms with Gasteiger partial charge in [-0.2, -0.15) is 0 Å². The zero-order valence-corrected chi connectivity index (χ0v) is 21.2. The molecule has 0 amide bonds. The first-order valence-electron chi connectivity index (χ1n) is 12.5. The lowest BCUT2D eigenvalue weighted by molar-refractivity contribution is -0.152. The van der Waals surface area contributed by atoms with Crippen LogP contribution in [0, 0.1) is 19.8 Å². The summed E-state index contributed by atoms with van der Waals surface area (Å²) in [4.78, 5) is 24.5. The minimum absolute atomic E-state index is 0.0904. The molecule has 0 bridgehead atoms. The van der Waals surface area contributed by atoms with Gasteiger partial charge in [0.05, 0.1) is 6.54 Å². The number of imidazole rings is 1. The Kier molecular flexibility index (Phi) is 7.20. The van der Waals surface area contributed by atoms with E-state index >= 15 is 0 Å². The van der Waals surface area contributed by atoms with Gasteiger partial charge in [-0.25, -0.2) is 9.59 Å². The molecule has 1 aliphatic carbocycles. The van der Waals surface area contributed by atoms with Gasteiger partial charge in [-0.15, -0.1) is 0 Å². The summed E-state index contributed by atoms with van der Waals surface area (Å²) in [6.07, 6.45) is 7.11. The minimum atomic E-state index is -1.27. The lowest BCUT2D eigenvalue weighted by Gasteiger charge is -2.21. The number of nitrogens with zero attached hydrogens (tertiary/aromatic N) is 2. The van der Waals surface area contributed by atoms with Crippen molar-refractivity contribution in [3.05, 3.63) is 87.1 Å². The van der Waals surface area contributed by atoms with Crippen LogP contribution in [0.4, 0.5) is 0 Å². The average Bonchev–Trinajstić information content (AvgIpc) is 3.58. The molecule has 0 radical (unpaired) electrons. The quantitative estimate of drug-likeness (QED) is 0.416. The Labute approximate surface area is 207 Å². The van der Waals surface area contributed by atoms with Crippen molar-refractivity contribution in [1.82, 2.24) is 9.13 Å².